The normalized spacial score (nSPS) is 10.5. The van der Waals surface area contributed by atoms with Crippen LogP contribution in [0.5, 0.6) is 5.75 Å². The van der Waals surface area contributed by atoms with Crippen LogP contribution in [-0.4, -0.2) is 23.1 Å². The summed E-state index contributed by atoms with van der Waals surface area (Å²) < 4.78 is 5.41. The molecule has 0 atom stereocenters. The number of benzene rings is 3. The van der Waals surface area contributed by atoms with Gasteiger partial charge in [0.05, 0.1) is 12.7 Å². The van der Waals surface area contributed by atoms with Gasteiger partial charge in [-0.15, -0.1) is 0 Å². The lowest BCUT2D eigenvalue weighted by Gasteiger charge is -2.13. The van der Waals surface area contributed by atoms with Gasteiger partial charge in [-0.05, 0) is 76.9 Å². The Bertz CT molecular complexity index is 1220. The van der Waals surface area contributed by atoms with E-state index in [9.17, 15) is 4.79 Å². The number of methoxy groups -OCH3 is 1. The number of hydrogen-bond acceptors (Lipinski definition) is 4. The number of anilines is 1. The zero-order valence-corrected chi connectivity index (χ0v) is 17.8. The van der Waals surface area contributed by atoms with E-state index in [2.05, 4.69) is 15.6 Å². The van der Waals surface area contributed by atoms with Gasteiger partial charge in [0.2, 0.25) is 0 Å². The number of amides is 1. The number of thiocarbonyl (C=S) groups is 1. The molecule has 0 radical (unpaired) electrons. The van der Waals surface area contributed by atoms with Gasteiger partial charge in [0, 0.05) is 18.1 Å². The fraction of sp³-hybridized carbons (Fsp3) is 0.0800. The van der Waals surface area contributed by atoms with E-state index in [1.165, 1.54) is 11.1 Å². The van der Waals surface area contributed by atoms with Gasteiger partial charge < -0.3 is 10.1 Å². The molecule has 0 aliphatic carbocycles. The van der Waals surface area contributed by atoms with E-state index in [1.807, 2.05) is 66.7 Å². The Balaban J connectivity index is 1.41. The Kier molecular flexibility index (Phi) is 6.19. The second-order valence-corrected chi connectivity index (χ2v) is 7.45. The highest BCUT2D eigenvalue weighted by Crippen LogP contribution is 2.26. The average molecular weight is 428 g/mol. The van der Waals surface area contributed by atoms with Crippen molar-refractivity contribution in [3.8, 4) is 5.75 Å². The maximum Gasteiger partial charge on any atom is 0.261 e. The van der Waals surface area contributed by atoms with Gasteiger partial charge in [0.15, 0.2) is 5.11 Å². The Labute approximate surface area is 186 Å². The fourth-order valence-corrected chi connectivity index (χ4v) is 3.55. The number of rotatable bonds is 5. The third-order valence-electron chi connectivity index (χ3n) is 4.91. The quantitative estimate of drug-likeness (QED) is 0.441. The maximum absolute atomic E-state index is 12.8. The van der Waals surface area contributed by atoms with E-state index in [1.54, 1.807) is 25.6 Å². The van der Waals surface area contributed by atoms with Crippen LogP contribution in [-0.2, 0) is 6.42 Å². The Morgan fingerprint density at radius 3 is 2.26 bits per heavy atom. The van der Waals surface area contributed by atoms with Crippen molar-refractivity contribution < 1.29 is 9.53 Å². The summed E-state index contributed by atoms with van der Waals surface area (Å²) in [4.78, 5) is 16.8. The monoisotopic (exact) mass is 427 g/mol. The van der Waals surface area contributed by atoms with E-state index in [0.717, 1.165) is 22.9 Å². The standard InChI is InChI=1S/C25H21N3O2S/c1-30-23-16-20-5-3-2-4-19(20)15-22(23)24(29)28-25(31)27-21-8-6-17(7-9-21)14-18-10-12-26-13-11-18/h2-13,15-16H,14H2,1H3,(H2,27,28,29,31). The molecule has 1 aromatic heterocycles. The van der Waals surface area contributed by atoms with Gasteiger partial charge in [-0.2, -0.15) is 0 Å². The molecule has 4 aromatic rings. The van der Waals surface area contributed by atoms with Gasteiger partial charge >= 0.3 is 0 Å². The van der Waals surface area contributed by atoms with Crippen LogP contribution < -0.4 is 15.4 Å². The Hall–Kier alpha value is -3.77. The van der Waals surface area contributed by atoms with Crippen LogP contribution in [0, 0.1) is 0 Å². The number of hydrogen-bond donors (Lipinski definition) is 2. The lowest BCUT2D eigenvalue weighted by Crippen LogP contribution is -2.34. The topological polar surface area (TPSA) is 63.2 Å². The van der Waals surface area contributed by atoms with Crippen LogP contribution in [0.2, 0.25) is 0 Å². The minimum absolute atomic E-state index is 0.224. The first-order valence-corrected chi connectivity index (χ1v) is 10.2. The smallest absolute Gasteiger partial charge is 0.261 e. The van der Waals surface area contributed by atoms with Crippen LogP contribution in [0.1, 0.15) is 21.5 Å². The summed E-state index contributed by atoms with van der Waals surface area (Å²) >= 11 is 5.33. The van der Waals surface area contributed by atoms with E-state index >= 15 is 0 Å². The van der Waals surface area contributed by atoms with Gasteiger partial charge in [0.25, 0.3) is 5.91 Å². The van der Waals surface area contributed by atoms with Crippen LogP contribution in [0.4, 0.5) is 5.69 Å². The summed E-state index contributed by atoms with van der Waals surface area (Å²) in [7, 11) is 1.55. The molecule has 0 saturated carbocycles. The highest BCUT2D eigenvalue weighted by molar-refractivity contribution is 7.80. The van der Waals surface area contributed by atoms with Crippen molar-refractivity contribution in [2.24, 2.45) is 0 Å². The summed E-state index contributed by atoms with van der Waals surface area (Å²) in [5.41, 5.74) is 3.60. The molecule has 154 valence electrons. The van der Waals surface area contributed by atoms with Crippen LogP contribution in [0.3, 0.4) is 0 Å². The summed E-state index contributed by atoms with van der Waals surface area (Å²) in [6.45, 7) is 0. The number of nitrogens with one attached hydrogen (secondary N) is 2. The zero-order chi connectivity index (χ0) is 21.6. The van der Waals surface area contributed by atoms with Crippen LogP contribution in [0.15, 0.2) is 85.2 Å². The number of carbonyl (C=O) groups excluding carboxylic acids is 1. The first-order chi connectivity index (χ1) is 15.1. The molecular weight excluding hydrogens is 406 g/mol. The maximum atomic E-state index is 12.8. The molecule has 0 fully saturated rings. The Morgan fingerprint density at radius 1 is 0.935 bits per heavy atom. The van der Waals surface area contributed by atoms with Crippen molar-refractivity contribution in [3.63, 3.8) is 0 Å². The lowest BCUT2D eigenvalue weighted by atomic mass is 10.1. The molecule has 1 amide bonds. The summed E-state index contributed by atoms with van der Waals surface area (Å²) in [5.74, 6) is 0.175. The highest BCUT2D eigenvalue weighted by atomic mass is 32.1. The van der Waals surface area contributed by atoms with Crippen molar-refractivity contribution in [2.75, 3.05) is 12.4 Å². The number of nitrogens with zero attached hydrogens (tertiary/aromatic N) is 1. The van der Waals surface area contributed by atoms with Crippen molar-refractivity contribution >= 4 is 39.7 Å². The average Bonchev–Trinajstić information content (AvgIpc) is 2.80. The van der Waals surface area contributed by atoms with Crippen LogP contribution in [0.25, 0.3) is 10.8 Å². The molecule has 4 rings (SSSR count). The lowest BCUT2D eigenvalue weighted by molar-refractivity contribution is 0.0975. The first-order valence-electron chi connectivity index (χ1n) is 9.79. The van der Waals surface area contributed by atoms with E-state index < -0.39 is 0 Å². The number of carbonyl (C=O) groups is 1. The predicted molar refractivity (Wildman–Crippen MR) is 128 cm³/mol. The molecule has 0 unspecified atom stereocenters. The summed E-state index contributed by atoms with van der Waals surface area (Å²) in [6, 6.07) is 23.4. The molecular formula is C25H21N3O2S. The highest BCUT2D eigenvalue weighted by Gasteiger charge is 2.15. The minimum Gasteiger partial charge on any atom is -0.496 e. The van der Waals surface area contributed by atoms with Gasteiger partial charge in [0.1, 0.15) is 5.75 Å². The molecule has 1 heterocycles. The SMILES string of the molecule is COc1cc2ccccc2cc1C(=O)NC(=S)Nc1ccc(Cc2ccncc2)cc1. The molecule has 31 heavy (non-hydrogen) atoms. The van der Waals surface area contributed by atoms with E-state index in [4.69, 9.17) is 17.0 Å². The third-order valence-corrected chi connectivity index (χ3v) is 5.11. The molecule has 0 aliphatic heterocycles. The van der Waals surface area contributed by atoms with Crippen molar-refractivity contribution in [1.82, 2.24) is 10.3 Å². The largest absolute Gasteiger partial charge is 0.496 e. The zero-order valence-electron chi connectivity index (χ0n) is 17.0. The molecule has 0 aliphatic rings. The number of aromatic nitrogens is 1. The fourth-order valence-electron chi connectivity index (χ4n) is 3.34. The molecule has 3 aromatic carbocycles. The summed E-state index contributed by atoms with van der Waals surface area (Å²) in [6.07, 6.45) is 4.40. The number of ether oxygens (including phenoxy) is 1. The number of pyridine rings is 1. The number of fused-ring (bicyclic) bond motifs is 1. The second kappa shape index (κ2) is 9.36. The molecule has 0 spiro atoms. The van der Waals surface area contributed by atoms with Gasteiger partial charge in [-0.25, -0.2) is 0 Å². The predicted octanol–water partition coefficient (Wildman–Crippen LogP) is 4.96. The van der Waals surface area contributed by atoms with Crippen LogP contribution >= 0.6 is 12.2 Å². The third kappa shape index (κ3) is 5.05. The van der Waals surface area contributed by atoms with Crippen molar-refractivity contribution in [3.05, 3.63) is 102 Å². The van der Waals surface area contributed by atoms with Crippen molar-refractivity contribution in [2.45, 2.75) is 6.42 Å². The Morgan fingerprint density at radius 2 is 1.58 bits per heavy atom. The van der Waals surface area contributed by atoms with Crippen molar-refractivity contribution in [1.29, 1.82) is 0 Å². The molecule has 0 saturated heterocycles. The summed E-state index contributed by atoms with van der Waals surface area (Å²) in [5, 5.41) is 7.97. The van der Waals surface area contributed by atoms with E-state index in [0.29, 0.717) is 11.3 Å². The van der Waals surface area contributed by atoms with E-state index in [-0.39, 0.29) is 11.0 Å². The second-order valence-electron chi connectivity index (χ2n) is 7.04. The molecule has 2 N–H and O–H groups in total. The molecule has 0 bridgehead atoms. The minimum atomic E-state index is -0.325. The van der Waals surface area contributed by atoms with Gasteiger partial charge in [-0.3, -0.25) is 15.1 Å². The molecule has 5 nitrogen and oxygen atoms in total. The first kappa shape index (κ1) is 20.5. The molecule has 6 heteroatoms. The van der Waals surface area contributed by atoms with Gasteiger partial charge in [-0.1, -0.05) is 36.4 Å².